The molecule has 0 unspecified atom stereocenters. The van der Waals surface area contributed by atoms with Crippen LogP contribution in [-0.2, 0) is 10.8 Å². The lowest BCUT2D eigenvalue weighted by atomic mass is 9.87. The highest BCUT2D eigenvalue weighted by molar-refractivity contribution is 7.29. The average molecular weight is 411 g/mol. The Morgan fingerprint density at radius 3 is 2.14 bits per heavy atom. The quantitative estimate of drug-likeness (QED) is 0.342. The Hall–Kier alpha value is -1.98. The van der Waals surface area contributed by atoms with Gasteiger partial charge in [0.15, 0.2) is 0 Å². The average Bonchev–Trinajstić information content (AvgIpc) is 3.30. The molecule has 0 bridgehead atoms. The molecule has 4 rings (SSSR count). The van der Waals surface area contributed by atoms with Crippen molar-refractivity contribution in [2.24, 2.45) is 0 Å². The predicted octanol–water partition coefficient (Wildman–Crippen LogP) is 7.58. The molecule has 0 aliphatic heterocycles. The normalized spacial score (nSPS) is 12.8. The SMILES string of the molecule is Cc1c(-c2nc(-c3ccc(C(C)(C)C)cc3)no2)sc2cc(C(C)(C)C)sc12. The lowest BCUT2D eigenvalue weighted by Gasteiger charge is -2.18. The van der Waals surface area contributed by atoms with E-state index in [9.17, 15) is 0 Å². The summed E-state index contributed by atoms with van der Waals surface area (Å²) in [6.07, 6.45) is 0. The number of hydrogen-bond acceptors (Lipinski definition) is 5. The predicted molar refractivity (Wildman–Crippen MR) is 121 cm³/mol. The van der Waals surface area contributed by atoms with Crippen molar-refractivity contribution in [3.05, 3.63) is 46.3 Å². The number of thiophene rings is 2. The summed E-state index contributed by atoms with van der Waals surface area (Å²) in [4.78, 5) is 7.17. The van der Waals surface area contributed by atoms with Crippen molar-refractivity contribution in [2.45, 2.75) is 59.3 Å². The van der Waals surface area contributed by atoms with E-state index >= 15 is 0 Å². The van der Waals surface area contributed by atoms with Crippen LogP contribution in [0.25, 0.3) is 31.6 Å². The van der Waals surface area contributed by atoms with Gasteiger partial charge in [0.25, 0.3) is 5.89 Å². The zero-order valence-corrected chi connectivity index (χ0v) is 19.1. The van der Waals surface area contributed by atoms with E-state index in [4.69, 9.17) is 4.52 Å². The van der Waals surface area contributed by atoms with Crippen LogP contribution in [0.4, 0.5) is 0 Å². The molecule has 0 saturated carbocycles. The Kier molecular flexibility index (Phi) is 4.51. The van der Waals surface area contributed by atoms with Crippen LogP contribution in [0.5, 0.6) is 0 Å². The highest BCUT2D eigenvalue weighted by Crippen LogP contribution is 2.44. The molecule has 0 spiro atoms. The minimum Gasteiger partial charge on any atom is -0.333 e. The van der Waals surface area contributed by atoms with Crippen LogP contribution in [0.3, 0.4) is 0 Å². The van der Waals surface area contributed by atoms with Crippen molar-refractivity contribution in [2.75, 3.05) is 0 Å². The molecule has 0 aliphatic carbocycles. The number of aromatic nitrogens is 2. The molecule has 0 aliphatic rings. The maximum Gasteiger partial charge on any atom is 0.268 e. The summed E-state index contributed by atoms with van der Waals surface area (Å²) < 4.78 is 8.27. The van der Waals surface area contributed by atoms with Gasteiger partial charge in [-0.05, 0) is 34.9 Å². The second-order valence-corrected chi connectivity index (χ2v) is 11.5. The fourth-order valence-electron chi connectivity index (χ4n) is 3.13. The zero-order valence-electron chi connectivity index (χ0n) is 17.5. The van der Waals surface area contributed by atoms with E-state index in [1.165, 1.54) is 25.4 Å². The number of rotatable bonds is 2. The Bertz CT molecular complexity index is 1130. The largest absolute Gasteiger partial charge is 0.333 e. The van der Waals surface area contributed by atoms with Crippen LogP contribution < -0.4 is 0 Å². The topological polar surface area (TPSA) is 38.9 Å². The Morgan fingerprint density at radius 1 is 0.893 bits per heavy atom. The molecule has 4 aromatic rings. The highest BCUT2D eigenvalue weighted by Gasteiger charge is 2.23. The molecule has 0 radical (unpaired) electrons. The molecule has 5 heteroatoms. The van der Waals surface area contributed by atoms with Crippen molar-refractivity contribution in [3.63, 3.8) is 0 Å². The molecular formula is C23H26N2OS2. The van der Waals surface area contributed by atoms with Crippen molar-refractivity contribution >= 4 is 32.1 Å². The first-order valence-corrected chi connectivity index (χ1v) is 11.2. The third-order valence-corrected chi connectivity index (χ3v) is 8.00. The number of aryl methyl sites for hydroxylation is 1. The monoisotopic (exact) mass is 410 g/mol. The molecule has 0 N–H and O–H groups in total. The highest BCUT2D eigenvalue weighted by atomic mass is 32.1. The molecular weight excluding hydrogens is 384 g/mol. The van der Waals surface area contributed by atoms with Crippen LogP contribution in [-0.4, -0.2) is 10.1 Å². The van der Waals surface area contributed by atoms with Crippen LogP contribution in [0.1, 0.15) is 57.5 Å². The Morgan fingerprint density at radius 2 is 1.57 bits per heavy atom. The molecule has 0 amide bonds. The molecule has 28 heavy (non-hydrogen) atoms. The van der Waals surface area contributed by atoms with Gasteiger partial charge in [0, 0.05) is 19.8 Å². The molecule has 3 nitrogen and oxygen atoms in total. The summed E-state index contributed by atoms with van der Waals surface area (Å²) >= 11 is 3.62. The summed E-state index contributed by atoms with van der Waals surface area (Å²) in [5.41, 5.74) is 3.82. The maximum atomic E-state index is 5.63. The lowest BCUT2D eigenvalue weighted by molar-refractivity contribution is 0.433. The minimum absolute atomic E-state index is 0.132. The molecule has 1 aromatic carbocycles. The van der Waals surface area contributed by atoms with E-state index in [1.54, 1.807) is 11.3 Å². The van der Waals surface area contributed by atoms with Gasteiger partial charge < -0.3 is 4.52 Å². The molecule has 146 valence electrons. The van der Waals surface area contributed by atoms with Gasteiger partial charge in [0.05, 0.1) is 4.88 Å². The zero-order chi connectivity index (χ0) is 20.3. The number of hydrogen-bond donors (Lipinski definition) is 0. The molecule has 3 heterocycles. The second-order valence-electron chi connectivity index (χ2n) is 9.36. The van der Waals surface area contributed by atoms with Crippen molar-refractivity contribution < 1.29 is 4.52 Å². The van der Waals surface area contributed by atoms with Crippen LogP contribution in [0, 0.1) is 6.92 Å². The standard InChI is InChI=1S/C23H26N2OS2/c1-13-18-16(12-17(28-18)23(5,6)7)27-19(13)21-24-20(25-26-21)14-8-10-15(11-9-14)22(2,3)4/h8-12H,1-7H3. The minimum atomic E-state index is 0.132. The first kappa shape index (κ1) is 19.3. The van der Waals surface area contributed by atoms with E-state index < -0.39 is 0 Å². The van der Waals surface area contributed by atoms with Gasteiger partial charge in [-0.15, -0.1) is 22.7 Å². The Labute approximate surface area is 174 Å². The van der Waals surface area contributed by atoms with Gasteiger partial charge in [0.2, 0.25) is 5.82 Å². The maximum absolute atomic E-state index is 5.63. The number of benzene rings is 1. The van der Waals surface area contributed by atoms with E-state index in [0.717, 1.165) is 10.4 Å². The van der Waals surface area contributed by atoms with Crippen LogP contribution in [0.15, 0.2) is 34.9 Å². The van der Waals surface area contributed by atoms with Crippen molar-refractivity contribution in [1.82, 2.24) is 10.1 Å². The molecule has 0 saturated heterocycles. The van der Waals surface area contributed by atoms with E-state index in [1.807, 2.05) is 11.3 Å². The van der Waals surface area contributed by atoms with Gasteiger partial charge in [0.1, 0.15) is 0 Å². The van der Waals surface area contributed by atoms with Gasteiger partial charge in [-0.2, -0.15) is 4.98 Å². The Balaban J connectivity index is 1.67. The molecule has 0 atom stereocenters. The summed E-state index contributed by atoms with van der Waals surface area (Å²) in [5, 5.41) is 4.23. The smallest absolute Gasteiger partial charge is 0.268 e. The first-order valence-electron chi connectivity index (χ1n) is 9.52. The van der Waals surface area contributed by atoms with Gasteiger partial charge in [-0.3, -0.25) is 0 Å². The molecule has 3 aromatic heterocycles. The van der Waals surface area contributed by atoms with Crippen molar-refractivity contribution in [1.29, 1.82) is 0 Å². The van der Waals surface area contributed by atoms with Gasteiger partial charge in [-0.1, -0.05) is 71.0 Å². The summed E-state index contributed by atoms with van der Waals surface area (Å²) in [6.45, 7) is 15.6. The van der Waals surface area contributed by atoms with E-state index in [2.05, 4.69) is 88.9 Å². The first-order chi connectivity index (χ1) is 13.0. The van der Waals surface area contributed by atoms with E-state index in [-0.39, 0.29) is 10.8 Å². The van der Waals surface area contributed by atoms with E-state index in [0.29, 0.717) is 11.7 Å². The second kappa shape index (κ2) is 6.53. The van der Waals surface area contributed by atoms with Gasteiger partial charge in [-0.25, -0.2) is 0 Å². The van der Waals surface area contributed by atoms with Crippen LogP contribution >= 0.6 is 22.7 Å². The fourth-order valence-corrected chi connectivity index (χ4v) is 5.70. The summed E-state index contributed by atoms with van der Waals surface area (Å²) in [5.74, 6) is 1.25. The summed E-state index contributed by atoms with van der Waals surface area (Å²) in [6, 6.07) is 10.7. The van der Waals surface area contributed by atoms with Crippen LogP contribution in [0.2, 0.25) is 0 Å². The summed E-state index contributed by atoms with van der Waals surface area (Å²) in [7, 11) is 0. The molecule has 0 fully saturated rings. The fraction of sp³-hybridized carbons (Fsp3) is 0.391. The lowest BCUT2D eigenvalue weighted by Crippen LogP contribution is -2.10. The van der Waals surface area contributed by atoms with Crippen molar-refractivity contribution in [3.8, 4) is 22.2 Å². The third kappa shape index (κ3) is 3.42. The van der Waals surface area contributed by atoms with Gasteiger partial charge >= 0.3 is 0 Å². The third-order valence-electron chi connectivity index (χ3n) is 4.96. The number of fused-ring (bicyclic) bond motifs is 1. The number of nitrogens with zero attached hydrogens (tertiary/aromatic N) is 2.